The van der Waals surface area contributed by atoms with E-state index in [0.29, 0.717) is 28.8 Å². The number of nitrogens with zero attached hydrogens (tertiary/aromatic N) is 1. The fourth-order valence-corrected chi connectivity index (χ4v) is 1.91. The van der Waals surface area contributed by atoms with Gasteiger partial charge in [0.2, 0.25) is 0 Å². The van der Waals surface area contributed by atoms with Crippen LogP contribution in [0.1, 0.15) is 10.4 Å². The standard InChI is InChI=1S/C12H8BrFN2O/c13-10-4-8(15)3-9(12(10)14)11-2-1-7(6-17)5-16-11/h1-6H,15H2. The number of benzene rings is 1. The highest BCUT2D eigenvalue weighted by molar-refractivity contribution is 9.10. The van der Waals surface area contributed by atoms with Crippen LogP contribution in [-0.2, 0) is 0 Å². The van der Waals surface area contributed by atoms with E-state index in [1.807, 2.05) is 0 Å². The first kappa shape index (κ1) is 11.7. The van der Waals surface area contributed by atoms with Gasteiger partial charge >= 0.3 is 0 Å². The lowest BCUT2D eigenvalue weighted by atomic mass is 10.1. The number of halogens is 2. The van der Waals surface area contributed by atoms with Gasteiger partial charge in [0.25, 0.3) is 0 Å². The fourth-order valence-electron chi connectivity index (χ4n) is 1.43. The minimum Gasteiger partial charge on any atom is -0.399 e. The van der Waals surface area contributed by atoms with Gasteiger partial charge < -0.3 is 5.73 Å². The highest BCUT2D eigenvalue weighted by Crippen LogP contribution is 2.29. The molecule has 0 aliphatic heterocycles. The number of aldehydes is 1. The number of rotatable bonds is 2. The molecular weight excluding hydrogens is 287 g/mol. The van der Waals surface area contributed by atoms with Crippen molar-refractivity contribution < 1.29 is 9.18 Å². The van der Waals surface area contributed by atoms with Gasteiger partial charge in [-0.1, -0.05) is 0 Å². The maximum atomic E-state index is 13.8. The quantitative estimate of drug-likeness (QED) is 0.684. The van der Waals surface area contributed by atoms with E-state index in [0.717, 1.165) is 0 Å². The Kier molecular flexibility index (Phi) is 3.19. The molecule has 0 unspecified atom stereocenters. The van der Waals surface area contributed by atoms with Crippen LogP contribution in [0, 0.1) is 5.82 Å². The number of pyridine rings is 1. The van der Waals surface area contributed by atoms with Gasteiger partial charge in [0, 0.05) is 23.0 Å². The van der Waals surface area contributed by atoms with Gasteiger partial charge in [0.1, 0.15) is 5.82 Å². The van der Waals surface area contributed by atoms with Crippen LogP contribution < -0.4 is 5.73 Å². The first-order chi connectivity index (χ1) is 8.11. The zero-order valence-corrected chi connectivity index (χ0v) is 10.2. The molecule has 0 fully saturated rings. The Labute approximate surface area is 106 Å². The van der Waals surface area contributed by atoms with Gasteiger partial charge in [0.05, 0.1) is 10.2 Å². The first-order valence-corrected chi connectivity index (χ1v) is 5.57. The molecule has 3 nitrogen and oxygen atoms in total. The number of aromatic nitrogens is 1. The van der Waals surface area contributed by atoms with E-state index >= 15 is 0 Å². The van der Waals surface area contributed by atoms with Gasteiger partial charge in [-0.3, -0.25) is 9.78 Å². The molecule has 2 aromatic rings. The molecular formula is C12H8BrFN2O. The number of hydrogen-bond acceptors (Lipinski definition) is 3. The number of hydrogen-bond donors (Lipinski definition) is 1. The number of nitrogens with two attached hydrogens (primary N) is 1. The predicted octanol–water partition coefficient (Wildman–Crippen LogP) is 3.04. The van der Waals surface area contributed by atoms with Crippen molar-refractivity contribution in [2.45, 2.75) is 0 Å². The molecule has 0 spiro atoms. The zero-order chi connectivity index (χ0) is 12.4. The second-order valence-corrected chi connectivity index (χ2v) is 4.31. The van der Waals surface area contributed by atoms with Crippen molar-refractivity contribution in [2.24, 2.45) is 0 Å². The average Bonchev–Trinajstić information content (AvgIpc) is 2.34. The second kappa shape index (κ2) is 4.63. The smallest absolute Gasteiger partial charge is 0.151 e. The topological polar surface area (TPSA) is 56.0 Å². The van der Waals surface area contributed by atoms with Crippen LogP contribution in [0.25, 0.3) is 11.3 Å². The molecule has 0 saturated carbocycles. The van der Waals surface area contributed by atoms with E-state index in [-0.39, 0.29) is 4.47 Å². The molecule has 0 atom stereocenters. The largest absolute Gasteiger partial charge is 0.399 e. The van der Waals surface area contributed by atoms with E-state index in [1.165, 1.54) is 18.3 Å². The van der Waals surface area contributed by atoms with Crippen molar-refractivity contribution in [3.05, 3.63) is 46.3 Å². The molecule has 0 bridgehead atoms. The highest BCUT2D eigenvalue weighted by Gasteiger charge is 2.11. The molecule has 1 heterocycles. The molecule has 2 rings (SSSR count). The Balaban J connectivity index is 2.55. The Bertz CT molecular complexity index is 569. The Morgan fingerprint density at radius 1 is 1.35 bits per heavy atom. The molecule has 2 N–H and O–H groups in total. The Morgan fingerprint density at radius 2 is 2.12 bits per heavy atom. The van der Waals surface area contributed by atoms with Gasteiger partial charge in [-0.05, 0) is 40.2 Å². The lowest BCUT2D eigenvalue weighted by molar-refractivity contribution is 0.112. The third-order valence-corrected chi connectivity index (χ3v) is 2.83. The Morgan fingerprint density at radius 3 is 2.71 bits per heavy atom. The van der Waals surface area contributed by atoms with Crippen LogP contribution in [0.2, 0.25) is 0 Å². The number of carbonyl (C=O) groups is 1. The summed E-state index contributed by atoms with van der Waals surface area (Å²) < 4.78 is 14.1. The number of nitrogen functional groups attached to an aromatic ring is 1. The highest BCUT2D eigenvalue weighted by atomic mass is 79.9. The van der Waals surface area contributed by atoms with Crippen LogP contribution in [0.4, 0.5) is 10.1 Å². The lowest BCUT2D eigenvalue weighted by Crippen LogP contribution is -1.94. The molecule has 17 heavy (non-hydrogen) atoms. The van der Waals surface area contributed by atoms with Crippen molar-refractivity contribution in [3.63, 3.8) is 0 Å². The summed E-state index contributed by atoms with van der Waals surface area (Å²) in [6.07, 6.45) is 2.07. The van der Waals surface area contributed by atoms with Crippen LogP contribution in [0.3, 0.4) is 0 Å². The molecule has 86 valence electrons. The van der Waals surface area contributed by atoms with Crippen molar-refractivity contribution in [1.82, 2.24) is 4.98 Å². The molecule has 1 aromatic heterocycles. The number of carbonyl (C=O) groups excluding carboxylic acids is 1. The monoisotopic (exact) mass is 294 g/mol. The van der Waals surface area contributed by atoms with E-state index in [2.05, 4.69) is 20.9 Å². The number of anilines is 1. The van der Waals surface area contributed by atoms with Crippen molar-refractivity contribution >= 4 is 27.9 Å². The van der Waals surface area contributed by atoms with E-state index in [1.54, 1.807) is 12.1 Å². The summed E-state index contributed by atoms with van der Waals surface area (Å²) in [5, 5.41) is 0. The minimum absolute atomic E-state index is 0.286. The van der Waals surface area contributed by atoms with E-state index in [9.17, 15) is 9.18 Å². The van der Waals surface area contributed by atoms with Crippen LogP contribution in [-0.4, -0.2) is 11.3 Å². The molecule has 5 heteroatoms. The van der Waals surface area contributed by atoms with Gasteiger partial charge in [0.15, 0.2) is 6.29 Å². The van der Waals surface area contributed by atoms with Crippen molar-refractivity contribution in [2.75, 3.05) is 5.73 Å². The predicted molar refractivity (Wildman–Crippen MR) is 67.1 cm³/mol. The summed E-state index contributed by atoms with van der Waals surface area (Å²) >= 11 is 3.08. The van der Waals surface area contributed by atoms with Crippen molar-refractivity contribution in [3.8, 4) is 11.3 Å². The summed E-state index contributed by atoms with van der Waals surface area (Å²) in [4.78, 5) is 14.5. The lowest BCUT2D eigenvalue weighted by Gasteiger charge is -2.06. The average molecular weight is 295 g/mol. The summed E-state index contributed by atoms with van der Waals surface area (Å²) in [7, 11) is 0. The third kappa shape index (κ3) is 2.34. The van der Waals surface area contributed by atoms with E-state index in [4.69, 9.17) is 5.73 Å². The summed E-state index contributed by atoms with van der Waals surface area (Å²) in [5.74, 6) is -0.425. The maximum Gasteiger partial charge on any atom is 0.151 e. The maximum absolute atomic E-state index is 13.8. The van der Waals surface area contributed by atoms with Gasteiger partial charge in [-0.2, -0.15) is 0 Å². The van der Waals surface area contributed by atoms with Crippen LogP contribution >= 0.6 is 15.9 Å². The minimum atomic E-state index is -0.425. The summed E-state index contributed by atoms with van der Waals surface area (Å²) in [6, 6.07) is 6.14. The first-order valence-electron chi connectivity index (χ1n) is 4.78. The summed E-state index contributed by atoms with van der Waals surface area (Å²) in [6.45, 7) is 0. The Hall–Kier alpha value is -1.75. The van der Waals surface area contributed by atoms with Gasteiger partial charge in [-0.15, -0.1) is 0 Å². The molecule has 0 radical (unpaired) electrons. The van der Waals surface area contributed by atoms with Crippen LogP contribution in [0.15, 0.2) is 34.9 Å². The van der Waals surface area contributed by atoms with E-state index < -0.39 is 5.82 Å². The van der Waals surface area contributed by atoms with Crippen molar-refractivity contribution in [1.29, 1.82) is 0 Å². The molecule has 1 aromatic carbocycles. The molecule has 0 aliphatic rings. The zero-order valence-electron chi connectivity index (χ0n) is 8.65. The van der Waals surface area contributed by atoms with Gasteiger partial charge in [-0.25, -0.2) is 4.39 Å². The molecule has 0 saturated heterocycles. The second-order valence-electron chi connectivity index (χ2n) is 3.46. The fraction of sp³-hybridized carbons (Fsp3) is 0. The SMILES string of the molecule is Nc1cc(Br)c(F)c(-c2ccc(C=O)cn2)c1. The van der Waals surface area contributed by atoms with Crippen LogP contribution in [0.5, 0.6) is 0 Å². The third-order valence-electron chi connectivity index (χ3n) is 2.25. The molecule has 0 aliphatic carbocycles. The molecule has 0 amide bonds. The normalized spacial score (nSPS) is 10.2. The summed E-state index contributed by atoms with van der Waals surface area (Å²) in [5.41, 5.74) is 7.25.